The first-order valence-electron chi connectivity index (χ1n) is 9.69. The van der Waals surface area contributed by atoms with Crippen LogP contribution in [0.5, 0.6) is 0 Å². The van der Waals surface area contributed by atoms with Gasteiger partial charge in [-0.3, -0.25) is 4.79 Å². The number of rotatable bonds is 3. The lowest BCUT2D eigenvalue weighted by molar-refractivity contribution is -0.288. The van der Waals surface area contributed by atoms with Crippen LogP contribution in [0.25, 0.3) is 0 Å². The van der Waals surface area contributed by atoms with E-state index in [1.165, 1.54) is 6.92 Å². The maximum absolute atomic E-state index is 13.1. The molecule has 0 aromatic heterocycles. The van der Waals surface area contributed by atoms with Gasteiger partial charge < -0.3 is 14.2 Å². The highest BCUT2D eigenvalue weighted by atomic mass is 19.4. The topological polar surface area (TPSA) is 78.9 Å². The van der Waals surface area contributed by atoms with Crippen molar-refractivity contribution in [3.63, 3.8) is 0 Å². The predicted molar refractivity (Wildman–Crippen MR) is 91.3 cm³/mol. The third kappa shape index (κ3) is 4.77. The van der Waals surface area contributed by atoms with Gasteiger partial charge in [-0.2, -0.15) is 26.3 Å². The maximum atomic E-state index is 13.1. The van der Waals surface area contributed by atoms with Crippen LogP contribution in [0.2, 0.25) is 0 Å². The second kappa shape index (κ2) is 8.16. The summed E-state index contributed by atoms with van der Waals surface area (Å²) in [6, 6.07) is 0. The average Bonchev–Trinajstić information content (AvgIpc) is 2.60. The molecule has 12 heteroatoms. The molecule has 0 aromatic rings. The molecule has 0 radical (unpaired) electrons. The fourth-order valence-electron chi connectivity index (χ4n) is 4.94. The standard InChI is InChI=1S/C19H24F6O6/c1-9-7-13(30-14(27)18(20,21)22)17(31-15(28)19(23,24)25)8-12(29-11(3)26)5-6-16(17,4)10(9)2/h9-10,12-13H,5-8H2,1-4H3/t9?,10?,12-,13+,16+,17-/m0/s1. The van der Waals surface area contributed by atoms with Gasteiger partial charge in [-0.1, -0.05) is 20.8 Å². The molecular weight excluding hydrogens is 438 g/mol. The van der Waals surface area contributed by atoms with E-state index >= 15 is 0 Å². The van der Waals surface area contributed by atoms with Gasteiger partial charge in [-0.05, 0) is 31.1 Å². The number of alkyl halides is 6. The molecule has 2 unspecified atom stereocenters. The minimum absolute atomic E-state index is 0.0711. The van der Waals surface area contributed by atoms with E-state index in [9.17, 15) is 40.7 Å². The van der Waals surface area contributed by atoms with Crippen molar-refractivity contribution in [2.24, 2.45) is 17.3 Å². The zero-order valence-corrected chi connectivity index (χ0v) is 17.4. The Morgan fingerprint density at radius 1 is 0.935 bits per heavy atom. The van der Waals surface area contributed by atoms with Crippen molar-refractivity contribution in [1.82, 2.24) is 0 Å². The van der Waals surface area contributed by atoms with Gasteiger partial charge in [0, 0.05) is 18.8 Å². The maximum Gasteiger partial charge on any atom is 0.490 e. The summed E-state index contributed by atoms with van der Waals surface area (Å²) in [5, 5.41) is 0. The molecule has 0 saturated heterocycles. The van der Waals surface area contributed by atoms with Crippen LogP contribution in [0.4, 0.5) is 26.3 Å². The van der Waals surface area contributed by atoms with Gasteiger partial charge in [0.25, 0.3) is 0 Å². The monoisotopic (exact) mass is 462 g/mol. The van der Waals surface area contributed by atoms with Gasteiger partial charge in [0.15, 0.2) is 5.60 Å². The number of hydrogen-bond donors (Lipinski definition) is 0. The number of fused-ring (bicyclic) bond motifs is 1. The molecule has 6 atom stereocenters. The van der Waals surface area contributed by atoms with Crippen LogP contribution in [-0.2, 0) is 28.6 Å². The molecule has 0 amide bonds. The van der Waals surface area contributed by atoms with E-state index in [1.807, 2.05) is 0 Å². The van der Waals surface area contributed by atoms with Gasteiger partial charge >= 0.3 is 30.3 Å². The van der Waals surface area contributed by atoms with E-state index in [0.717, 1.165) is 6.92 Å². The molecule has 2 aliphatic rings. The van der Waals surface area contributed by atoms with E-state index in [-0.39, 0.29) is 25.2 Å². The summed E-state index contributed by atoms with van der Waals surface area (Å²) >= 11 is 0. The minimum atomic E-state index is -5.44. The number of esters is 3. The number of hydrogen-bond acceptors (Lipinski definition) is 6. The Balaban J connectivity index is 2.60. The number of carbonyl (C=O) groups is 3. The van der Waals surface area contributed by atoms with E-state index in [4.69, 9.17) is 9.47 Å². The average molecular weight is 462 g/mol. The molecule has 2 fully saturated rings. The van der Waals surface area contributed by atoms with Crippen molar-refractivity contribution < 1.29 is 54.9 Å². The summed E-state index contributed by atoms with van der Waals surface area (Å²) in [7, 11) is 0. The lowest BCUT2D eigenvalue weighted by Gasteiger charge is -2.61. The van der Waals surface area contributed by atoms with Crippen LogP contribution >= 0.6 is 0 Å². The molecular formula is C19H24F6O6. The quantitative estimate of drug-likeness (QED) is 0.357. The van der Waals surface area contributed by atoms with Crippen molar-refractivity contribution in [2.45, 2.75) is 83.5 Å². The van der Waals surface area contributed by atoms with Gasteiger partial charge in [-0.15, -0.1) is 0 Å². The van der Waals surface area contributed by atoms with Gasteiger partial charge in [0.2, 0.25) is 0 Å². The molecule has 178 valence electrons. The second-order valence-electron chi connectivity index (χ2n) is 8.56. The molecule has 0 N–H and O–H groups in total. The molecule has 2 saturated carbocycles. The van der Waals surface area contributed by atoms with Crippen molar-refractivity contribution >= 4 is 17.9 Å². The normalized spacial score (nSPS) is 36.2. The van der Waals surface area contributed by atoms with Crippen LogP contribution in [0, 0.1) is 17.3 Å². The van der Waals surface area contributed by atoms with Crippen LogP contribution in [0.15, 0.2) is 0 Å². The zero-order valence-electron chi connectivity index (χ0n) is 17.4. The lowest BCUT2D eigenvalue weighted by atomic mass is 9.49. The summed E-state index contributed by atoms with van der Waals surface area (Å²) in [5.74, 6) is -6.74. The first-order chi connectivity index (χ1) is 13.9. The molecule has 0 bridgehead atoms. The van der Waals surface area contributed by atoms with Crippen LogP contribution < -0.4 is 0 Å². The predicted octanol–water partition coefficient (Wildman–Crippen LogP) is 4.10. The van der Waals surface area contributed by atoms with Crippen molar-refractivity contribution in [3.05, 3.63) is 0 Å². The summed E-state index contributed by atoms with van der Waals surface area (Å²) < 4.78 is 92.6. The van der Waals surface area contributed by atoms with E-state index in [1.54, 1.807) is 13.8 Å². The number of halogens is 6. The summed E-state index contributed by atoms with van der Waals surface area (Å²) in [6.45, 7) is 5.91. The van der Waals surface area contributed by atoms with Gasteiger partial charge in [-0.25, -0.2) is 9.59 Å². The highest BCUT2D eigenvalue weighted by Crippen LogP contribution is 2.60. The first-order valence-corrected chi connectivity index (χ1v) is 9.69. The van der Waals surface area contributed by atoms with E-state index in [0.29, 0.717) is 0 Å². The van der Waals surface area contributed by atoms with E-state index in [2.05, 4.69) is 4.74 Å². The summed E-state index contributed by atoms with van der Waals surface area (Å²) in [6.07, 6.45) is -14.2. The minimum Gasteiger partial charge on any atom is -0.462 e. The highest BCUT2D eigenvalue weighted by molar-refractivity contribution is 5.77. The fraction of sp³-hybridized carbons (Fsp3) is 0.842. The molecule has 2 aliphatic carbocycles. The van der Waals surface area contributed by atoms with Crippen molar-refractivity contribution in [3.8, 4) is 0 Å². The van der Waals surface area contributed by atoms with Gasteiger partial charge in [0.1, 0.15) is 12.2 Å². The summed E-state index contributed by atoms with van der Waals surface area (Å²) in [4.78, 5) is 34.8. The van der Waals surface area contributed by atoms with Crippen LogP contribution in [0.1, 0.15) is 53.4 Å². The second-order valence-corrected chi connectivity index (χ2v) is 8.56. The largest absolute Gasteiger partial charge is 0.490 e. The molecule has 6 nitrogen and oxygen atoms in total. The Kier molecular flexibility index (Phi) is 6.65. The molecule has 0 spiro atoms. The van der Waals surface area contributed by atoms with Crippen LogP contribution in [-0.4, -0.2) is 48.1 Å². The van der Waals surface area contributed by atoms with E-state index < -0.39 is 65.8 Å². The first kappa shape index (κ1) is 25.3. The third-order valence-corrected chi connectivity index (χ3v) is 6.77. The van der Waals surface area contributed by atoms with Crippen molar-refractivity contribution in [2.75, 3.05) is 0 Å². The number of carbonyl (C=O) groups excluding carboxylic acids is 3. The van der Waals surface area contributed by atoms with Crippen LogP contribution in [0.3, 0.4) is 0 Å². The Morgan fingerprint density at radius 2 is 1.48 bits per heavy atom. The SMILES string of the molecule is CC(=O)O[C@H]1CC[C@]2(C)C(C)C(C)C[C@@H](OC(=O)C(F)(F)F)[C@@]2(OC(=O)C(F)(F)F)C1. The summed E-state index contributed by atoms with van der Waals surface area (Å²) in [5.41, 5.74) is -3.55. The fourth-order valence-corrected chi connectivity index (χ4v) is 4.94. The molecule has 0 aromatic carbocycles. The zero-order chi connectivity index (χ0) is 24.0. The Morgan fingerprint density at radius 3 is 1.97 bits per heavy atom. The Hall–Kier alpha value is -2.01. The number of ether oxygens (including phenoxy) is 3. The highest BCUT2D eigenvalue weighted by Gasteiger charge is 2.68. The van der Waals surface area contributed by atoms with Crippen molar-refractivity contribution in [1.29, 1.82) is 0 Å². The molecule has 31 heavy (non-hydrogen) atoms. The molecule has 0 aliphatic heterocycles. The smallest absolute Gasteiger partial charge is 0.462 e. The molecule has 2 rings (SSSR count). The third-order valence-electron chi connectivity index (χ3n) is 6.77. The van der Waals surface area contributed by atoms with Gasteiger partial charge in [0.05, 0.1) is 0 Å². The Labute approximate surface area is 174 Å². The Bertz CT molecular complexity index is 734. The lowest BCUT2D eigenvalue weighted by Crippen LogP contribution is -2.69. The molecule has 0 heterocycles.